The molecular formula is C21H27FN7O6S2+. The Morgan fingerprint density at radius 2 is 2.16 bits per heavy atom. The van der Waals surface area contributed by atoms with Crippen molar-refractivity contribution in [3.8, 4) is 0 Å². The number of nitrogen functional groups attached to an aromatic ring is 1. The Hall–Kier alpha value is -3.50. The SMILES string of the molecule is C[C@H](C(N)=O)[N+](C)(C)C/C=C/C1=C(C(=O)O)N2C(=O)[C@@H](NC(=O)/C(=N\OCF)c3csc(N)n3)[C@H]2SC1. The van der Waals surface area contributed by atoms with Gasteiger partial charge in [-0.25, -0.2) is 14.2 Å². The summed E-state index contributed by atoms with van der Waals surface area (Å²) in [5.41, 5.74) is 10.9. The van der Waals surface area contributed by atoms with Crippen molar-refractivity contribution in [2.75, 3.05) is 39.0 Å². The molecule has 200 valence electrons. The molecule has 3 rings (SSSR count). The number of primary amides is 1. The van der Waals surface area contributed by atoms with Gasteiger partial charge in [-0.05, 0) is 18.6 Å². The van der Waals surface area contributed by atoms with Gasteiger partial charge in [-0.1, -0.05) is 11.2 Å². The van der Waals surface area contributed by atoms with Crippen LogP contribution in [0.3, 0.4) is 0 Å². The number of nitrogens with one attached hydrogen (secondary N) is 1. The lowest BCUT2D eigenvalue weighted by Gasteiger charge is -2.49. The number of halogens is 1. The number of carbonyl (C=O) groups excluding carboxylic acids is 3. The molecule has 3 amide bonds. The quantitative estimate of drug-likeness (QED) is 0.122. The first-order valence-electron chi connectivity index (χ1n) is 10.9. The second-order valence-corrected chi connectivity index (χ2v) is 10.7. The largest absolute Gasteiger partial charge is 0.477 e. The van der Waals surface area contributed by atoms with E-state index in [1.807, 2.05) is 14.1 Å². The predicted octanol–water partition coefficient (Wildman–Crippen LogP) is -0.382. The van der Waals surface area contributed by atoms with Gasteiger partial charge in [0.05, 0.1) is 20.6 Å². The number of oxime groups is 1. The second-order valence-electron chi connectivity index (χ2n) is 8.73. The van der Waals surface area contributed by atoms with Crippen LogP contribution in [0.2, 0.25) is 0 Å². The van der Waals surface area contributed by atoms with E-state index in [-0.39, 0.29) is 32.5 Å². The zero-order valence-electron chi connectivity index (χ0n) is 20.2. The first-order chi connectivity index (χ1) is 17.4. The van der Waals surface area contributed by atoms with E-state index >= 15 is 0 Å². The van der Waals surface area contributed by atoms with Crippen molar-refractivity contribution in [1.82, 2.24) is 15.2 Å². The predicted molar refractivity (Wildman–Crippen MR) is 135 cm³/mol. The number of thiazole rings is 1. The van der Waals surface area contributed by atoms with Gasteiger partial charge in [-0.15, -0.1) is 23.1 Å². The maximum atomic E-state index is 12.9. The third-order valence-electron chi connectivity index (χ3n) is 6.03. The van der Waals surface area contributed by atoms with Crippen molar-refractivity contribution < 1.29 is 38.0 Å². The molecule has 0 saturated carbocycles. The third-order valence-corrected chi connectivity index (χ3v) is 8.00. The molecule has 0 unspecified atom stereocenters. The van der Waals surface area contributed by atoms with E-state index in [0.29, 0.717) is 12.1 Å². The van der Waals surface area contributed by atoms with Crippen LogP contribution in [0.25, 0.3) is 0 Å². The standard InChI is InChI=1S/C21H26FN7O6S2/c1-10(16(23)30)29(2,3)6-4-5-11-7-36-19-14(18(32)28(19)15(11)20(33)34)26-17(31)13(27-35-9-22)12-8-37-21(24)25-12/h4-5,8,10,14,19H,6-7,9H2,1-3H3,(H5-,23,24,25,26,30,31,33,34)/p+1/b5-4+,27-13-/t10-,14-,19-/m1/s1. The lowest BCUT2D eigenvalue weighted by atomic mass is 10.0. The van der Waals surface area contributed by atoms with Gasteiger partial charge in [-0.3, -0.25) is 19.3 Å². The van der Waals surface area contributed by atoms with Gasteiger partial charge in [0.2, 0.25) is 0 Å². The number of quaternary nitrogens is 1. The number of hydrogen-bond donors (Lipinski definition) is 4. The van der Waals surface area contributed by atoms with E-state index in [2.05, 4.69) is 20.3 Å². The summed E-state index contributed by atoms with van der Waals surface area (Å²) in [7, 11) is 3.64. The van der Waals surface area contributed by atoms with Gasteiger partial charge in [-0.2, -0.15) is 0 Å². The van der Waals surface area contributed by atoms with Crippen LogP contribution in [0.5, 0.6) is 0 Å². The highest BCUT2D eigenvalue weighted by atomic mass is 32.2. The Balaban J connectivity index is 1.77. The zero-order chi connectivity index (χ0) is 27.5. The van der Waals surface area contributed by atoms with Crippen LogP contribution in [0.15, 0.2) is 34.0 Å². The minimum absolute atomic E-state index is 0.0406. The van der Waals surface area contributed by atoms with Crippen molar-refractivity contribution >= 4 is 57.6 Å². The van der Waals surface area contributed by atoms with Crippen LogP contribution in [0.4, 0.5) is 9.52 Å². The Morgan fingerprint density at radius 1 is 1.46 bits per heavy atom. The van der Waals surface area contributed by atoms with Gasteiger partial charge < -0.3 is 31.2 Å². The first-order valence-corrected chi connectivity index (χ1v) is 12.8. The number of carbonyl (C=O) groups is 4. The van der Waals surface area contributed by atoms with Crippen LogP contribution < -0.4 is 16.8 Å². The molecule has 1 aromatic rings. The minimum atomic E-state index is -1.29. The highest BCUT2D eigenvalue weighted by Crippen LogP contribution is 2.40. The number of aliphatic carboxylic acids is 1. The van der Waals surface area contributed by atoms with E-state index in [1.54, 1.807) is 19.1 Å². The average molecular weight is 557 g/mol. The van der Waals surface area contributed by atoms with Crippen LogP contribution in [0.1, 0.15) is 12.6 Å². The number of aromatic nitrogens is 1. The summed E-state index contributed by atoms with van der Waals surface area (Å²) < 4.78 is 12.7. The molecule has 0 bridgehead atoms. The number of nitrogens with two attached hydrogens (primary N) is 2. The van der Waals surface area contributed by atoms with E-state index in [9.17, 15) is 28.7 Å². The number of rotatable bonds is 11. The lowest BCUT2D eigenvalue weighted by molar-refractivity contribution is -0.898. The van der Waals surface area contributed by atoms with Crippen LogP contribution in [-0.4, -0.2) is 99.6 Å². The molecule has 37 heavy (non-hydrogen) atoms. The first kappa shape index (κ1) is 28.1. The Labute approximate surface area is 219 Å². The molecule has 0 radical (unpaired) electrons. The number of likely N-dealkylation sites (N-methyl/N-ethyl adjacent to an activating group) is 1. The van der Waals surface area contributed by atoms with Crippen molar-refractivity contribution in [3.05, 3.63) is 34.5 Å². The van der Waals surface area contributed by atoms with E-state index in [4.69, 9.17) is 11.5 Å². The highest BCUT2D eigenvalue weighted by Gasteiger charge is 2.54. The number of thioether (sulfide) groups is 1. The molecule has 6 N–H and O–H groups in total. The number of carboxylic acids is 1. The number of carboxylic acid groups (broad SMARTS) is 1. The van der Waals surface area contributed by atoms with Crippen LogP contribution in [-0.2, 0) is 24.0 Å². The Bertz CT molecular complexity index is 1200. The fraction of sp³-hybridized carbons (Fsp3) is 0.429. The highest BCUT2D eigenvalue weighted by molar-refractivity contribution is 8.00. The van der Waals surface area contributed by atoms with Crippen LogP contribution >= 0.6 is 23.1 Å². The molecule has 0 aromatic carbocycles. The third kappa shape index (κ3) is 5.91. The maximum absolute atomic E-state index is 12.9. The summed E-state index contributed by atoms with van der Waals surface area (Å²) in [6, 6.07) is -1.51. The monoisotopic (exact) mass is 556 g/mol. The number of allylic oxidation sites excluding steroid dienone is 1. The number of hydrogen-bond acceptors (Lipinski definition) is 10. The maximum Gasteiger partial charge on any atom is 0.352 e. The minimum Gasteiger partial charge on any atom is -0.477 e. The molecule has 1 aromatic heterocycles. The molecule has 2 aliphatic heterocycles. The molecule has 2 aliphatic rings. The Morgan fingerprint density at radius 3 is 2.73 bits per heavy atom. The number of anilines is 1. The van der Waals surface area contributed by atoms with Gasteiger partial charge in [0.15, 0.2) is 16.9 Å². The second kappa shape index (κ2) is 11.3. The zero-order valence-corrected chi connectivity index (χ0v) is 21.8. The smallest absolute Gasteiger partial charge is 0.352 e. The summed E-state index contributed by atoms with van der Waals surface area (Å²) in [6.07, 6.45) is 3.35. The molecule has 1 saturated heterocycles. The van der Waals surface area contributed by atoms with Crippen molar-refractivity contribution in [2.45, 2.75) is 24.4 Å². The molecule has 0 aliphatic carbocycles. The number of β-lactam (4-membered cyclic amide) rings is 1. The topological polar surface area (TPSA) is 190 Å². The number of nitrogens with zero attached hydrogens (tertiary/aromatic N) is 4. The lowest BCUT2D eigenvalue weighted by Crippen LogP contribution is -2.71. The average Bonchev–Trinajstić information content (AvgIpc) is 3.27. The number of fused-ring (bicyclic) bond motifs is 1. The fourth-order valence-corrected chi connectivity index (χ4v) is 5.51. The van der Waals surface area contributed by atoms with Gasteiger partial charge >= 0.3 is 5.97 Å². The molecule has 1 fully saturated rings. The molecule has 0 spiro atoms. The summed E-state index contributed by atoms with van der Waals surface area (Å²) in [4.78, 5) is 58.8. The molecular weight excluding hydrogens is 529 g/mol. The van der Waals surface area contributed by atoms with Gasteiger partial charge in [0.1, 0.15) is 22.8 Å². The molecule has 13 nitrogen and oxygen atoms in total. The number of alkyl halides is 1. The Kier molecular flexibility index (Phi) is 8.55. The van der Waals surface area contributed by atoms with E-state index < -0.39 is 48.0 Å². The molecule has 16 heteroatoms. The van der Waals surface area contributed by atoms with Crippen LogP contribution in [0, 0.1) is 0 Å². The van der Waals surface area contributed by atoms with E-state index in [0.717, 1.165) is 16.2 Å². The van der Waals surface area contributed by atoms with Crippen molar-refractivity contribution in [1.29, 1.82) is 0 Å². The molecule has 3 heterocycles. The normalized spacial score (nSPS) is 20.9. The van der Waals surface area contributed by atoms with Crippen molar-refractivity contribution in [3.63, 3.8) is 0 Å². The van der Waals surface area contributed by atoms with Gasteiger partial charge in [0.25, 0.3) is 24.6 Å². The summed E-state index contributed by atoms with van der Waals surface area (Å²) in [6.45, 7) is 0.812. The molecule has 3 atom stereocenters. The van der Waals surface area contributed by atoms with Crippen molar-refractivity contribution in [2.24, 2.45) is 10.9 Å². The number of amides is 3. The summed E-state index contributed by atoms with van der Waals surface area (Å²) in [5.74, 6) is -2.98. The summed E-state index contributed by atoms with van der Waals surface area (Å²) >= 11 is 2.30. The van der Waals surface area contributed by atoms with E-state index in [1.165, 1.54) is 17.1 Å². The summed E-state index contributed by atoms with van der Waals surface area (Å²) in [5, 5.41) is 16.7. The van der Waals surface area contributed by atoms with Gasteiger partial charge in [0, 0.05) is 11.1 Å². The fourth-order valence-electron chi connectivity index (χ4n) is 3.64.